The van der Waals surface area contributed by atoms with Crippen LogP contribution in [0.1, 0.15) is 10.5 Å². The van der Waals surface area contributed by atoms with Crippen LogP contribution in [0, 0.1) is 10.1 Å². The van der Waals surface area contributed by atoms with Crippen molar-refractivity contribution in [3.05, 3.63) is 57.4 Å². The maximum atomic E-state index is 12.0. The molecule has 0 bridgehead atoms. The summed E-state index contributed by atoms with van der Waals surface area (Å²) in [6.45, 7) is 0. The van der Waals surface area contributed by atoms with Crippen LogP contribution in [0.3, 0.4) is 0 Å². The van der Waals surface area contributed by atoms with Gasteiger partial charge in [0.25, 0.3) is 11.6 Å². The number of carbonyl (C=O) groups is 1. The Balaban J connectivity index is 2.31. The molecule has 7 nitrogen and oxygen atoms in total. The van der Waals surface area contributed by atoms with E-state index in [0.29, 0.717) is 10.8 Å². The van der Waals surface area contributed by atoms with E-state index in [-0.39, 0.29) is 17.1 Å². The maximum Gasteiger partial charge on any atom is 0.296 e. The van der Waals surface area contributed by atoms with Crippen molar-refractivity contribution in [1.82, 2.24) is 4.98 Å². The second-order valence-corrected chi connectivity index (χ2v) is 4.39. The van der Waals surface area contributed by atoms with Crippen molar-refractivity contribution in [2.24, 2.45) is 0 Å². The molecule has 8 heteroatoms. The first-order valence-electron chi connectivity index (χ1n) is 5.76. The Morgan fingerprint density at radius 3 is 2.76 bits per heavy atom. The first kappa shape index (κ1) is 14.7. The van der Waals surface area contributed by atoms with E-state index in [0.717, 1.165) is 0 Å². The van der Waals surface area contributed by atoms with Gasteiger partial charge in [0, 0.05) is 11.2 Å². The summed E-state index contributed by atoms with van der Waals surface area (Å²) in [5, 5.41) is 13.8. The van der Waals surface area contributed by atoms with Crippen LogP contribution in [-0.4, -0.2) is 22.9 Å². The molecular weight excluding hydrogens is 298 g/mol. The molecule has 0 fully saturated rings. The van der Waals surface area contributed by atoms with Gasteiger partial charge in [0.2, 0.25) is 0 Å². The monoisotopic (exact) mass is 307 g/mol. The van der Waals surface area contributed by atoms with Gasteiger partial charge in [0.15, 0.2) is 0 Å². The van der Waals surface area contributed by atoms with Crippen LogP contribution < -0.4 is 10.1 Å². The zero-order valence-electron chi connectivity index (χ0n) is 10.9. The van der Waals surface area contributed by atoms with Crippen molar-refractivity contribution in [2.45, 2.75) is 0 Å². The van der Waals surface area contributed by atoms with E-state index >= 15 is 0 Å². The van der Waals surface area contributed by atoms with E-state index in [1.165, 1.54) is 43.6 Å². The highest BCUT2D eigenvalue weighted by Crippen LogP contribution is 2.29. The number of nitro groups is 1. The number of halogens is 1. The molecule has 0 radical (unpaired) electrons. The molecule has 0 spiro atoms. The van der Waals surface area contributed by atoms with E-state index in [2.05, 4.69) is 10.3 Å². The largest absolute Gasteiger partial charge is 0.496 e. The predicted octanol–water partition coefficient (Wildman–Crippen LogP) is 2.90. The molecule has 0 saturated carbocycles. The normalized spacial score (nSPS) is 10.0. The third-order valence-corrected chi connectivity index (χ3v) is 2.84. The number of hydrogen-bond donors (Lipinski definition) is 1. The number of anilines is 1. The lowest BCUT2D eigenvalue weighted by molar-refractivity contribution is -0.384. The summed E-state index contributed by atoms with van der Waals surface area (Å²) in [6, 6.07) is 7.01. The standard InChI is InChI=1S/C13H10ClN3O4/c1-21-9-2-3-10(12(7-9)17(19)20)16-13(18)11-6-8(14)4-5-15-11/h2-7H,1H3,(H,16,18). The lowest BCUT2D eigenvalue weighted by atomic mass is 10.2. The molecule has 1 aromatic heterocycles. The summed E-state index contributed by atoms with van der Waals surface area (Å²) in [7, 11) is 1.40. The SMILES string of the molecule is COc1ccc(NC(=O)c2cc(Cl)ccn2)c([N+](=O)[O-])c1. The Kier molecular flexibility index (Phi) is 4.34. The van der Waals surface area contributed by atoms with Crippen molar-refractivity contribution < 1.29 is 14.5 Å². The molecule has 0 aliphatic carbocycles. The summed E-state index contributed by atoms with van der Waals surface area (Å²) >= 11 is 5.77. The smallest absolute Gasteiger partial charge is 0.296 e. The van der Waals surface area contributed by atoms with Gasteiger partial charge < -0.3 is 10.1 Å². The fourth-order valence-electron chi connectivity index (χ4n) is 1.61. The Morgan fingerprint density at radius 1 is 1.38 bits per heavy atom. The summed E-state index contributed by atoms with van der Waals surface area (Å²) in [6.07, 6.45) is 1.37. The van der Waals surface area contributed by atoms with Crippen LogP contribution in [0.5, 0.6) is 5.75 Å². The minimum absolute atomic E-state index is 0.0487. The summed E-state index contributed by atoms with van der Waals surface area (Å²) < 4.78 is 4.92. The number of rotatable bonds is 4. The van der Waals surface area contributed by atoms with Crippen molar-refractivity contribution in [1.29, 1.82) is 0 Å². The number of methoxy groups -OCH3 is 1. The van der Waals surface area contributed by atoms with E-state index in [1.54, 1.807) is 0 Å². The first-order valence-corrected chi connectivity index (χ1v) is 6.14. The molecule has 2 aromatic rings. The van der Waals surface area contributed by atoms with E-state index in [1.807, 2.05) is 0 Å². The summed E-state index contributed by atoms with van der Waals surface area (Å²) in [5.41, 5.74) is -0.162. The number of amides is 1. The topological polar surface area (TPSA) is 94.4 Å². The van der Waals surface area contributed by atoms with Crippen molar-refractivity contribution in [2.75, 3.05) is 12.4 Å². The van der Waals surface area contributed by atoms with Gasteiger partial charge in [-0.1, -0.05) is 11.6 Å². The van der Waals surface area contributed by atoms with Crippen LogP contribution in [0.2, 0.25) is 5.02 Å². The van der Waals surface area contributed by atoms with Crippen LogP contribution >= 0.6 is 11.6 Å². The van der Waals surface area contributed by atoms with Crippen LogP contribution in [0.25, 0.3) is 0 Å². The van der Waals surface area contributed by atoms with Gasteiger partial charge in [0.05, 0.1) is 18.1 Å². The van der Waals surface area contributed by atoms with Gasteiger partial charge in [-0.3, -0.25) is 19.9 Å². The van der Waals surface area contributed by atoms with Crippen molar-refractivity contribution >= 4 is 28.9 Å². The van der Waals surface area contributed by atoms with E-state index in [9.17, 15) is 14.9 Å². The Morgan fingerprint density at radius 2 is 2.14 bits per heavy atom. The number of nitro benzene ring substituents is 1. The quantitative estimate of drug-likeness (QED) is 0.692. The number of benzene rings is 1. The molecule has 21 heavy (non-hydrogen) atoms. The average molecular weight is 308 g/mol. The number of aromatic nitrogens is 1. The highest BCUT2D eigenvalue weighted by atomic mass is 35.5. The lowest BCUT2D eigenvalue weighted by Crippen LogP contribution is -2.14. The molecule has 1 aromatic carbocycles. The Bertz CT molecular complexity index is 706. The zero-order valence-corrected chi connectivity index (χ0v) is 11.6. The van der Waals surface area contributed by atoms with Gasteiger partial charge >= 0.3 is 0 Å². The average Bonchev–Trinajstić information content (AvgIpc) is 2.47. The highest BCUT2D eigenvalue weighted by molar-refractivity contribution is 6.31. The molecule has 0 aliphatic rings. The number of nitrogens with zero attached hydrogens (tertiary/aromatic N) is 2. The van der Waals surface area contributed by atoms with Crippen LogP contribution in [-0.2, 0) is 0 Å². The molecule has 1 amide bonds. The molecule has 2 rings (SSSR count). The summed E-state index contributed by atoms with van der Waals surface area (Å²) in [5.74, 6) is -0.272. The van der Waals surface area contributed by atoms with Crippen molar-refractivity contribution in [3.63, 3.8) is 0 Å². The predicted molar refractivity (Wildman–Crippen MR) is 76.8 cm³/mol. The number of nitrogens with one attached hydrogen (secondary N) is 1. The minimum Gasteiger partial charge on any atom is -0.496 e. The molecule has 0 atom stereocenters. The highest BCUT2D eigenvalue weighted by Gasteiger charge is 2.18. The molecule has 1 heterocycles. The molecule has 1 N–H and O–H groups in total. The third-order valence-electron chi connectivity index (χ3n) is 2.60. The van der Waals surface area contributed by atoms with Gasteiger partial charge in [0.1, 0.15) is 17.1 Å². The number of pyridine rings is 1. The van der Waals surface area contributed by atoms with Crippen molar-refractivity contribution in [3.8, 4) is 5.75 Å². The molecule has 0 unspecified atom stereocenters. The Hall–Kier alpha value is -2.67. The third kappa shape index (κ3) is 3.46. The lowest BCUT2D eigenvalue weighted by Gasteiger charge is -2.07. The van der Waals surface area contributed by atoms with Gasteiger partial charge in [-0.05, 0) is 24.3 Å². The van der Waals surface area contributed by atoms with Gasteiger partial charge in [-0.15, -0.1) is 0 Å². The molecular formula is C13H10ClN3O4. The number of carbonyl (C=O) groups excluding carboxylic acids is 1. The zero-order chi connectivity index (χ0) is 15.4. The summed E-state index contributed by atoms with van der Waals surface area (Å²) in [4.78, 5) is 26.3. The molecule has 0 saturated heterocycles. The number of hydrogen-bond acceptors (Lipinski definition) is 5. The fraction of sp³-hybridized carbons (Fsp3) is 0.0769. The molecule has 108 valence electrons. The van der Waals surface area contributed by atoms with E-state index < -0.39 is 10.8 Å². The minimum atomic E-state index is -0.608. The second-order valence-electron chi connectivity index (χ2n) is 3.95. The molecule has 0 aliphatic heterocycles. The fourth-order valence-corrected chi connectivity index (χ4v) is 1.77. The first-order chi connectivity index (χ1) is 10.0. The van der Waals surface area contributed by atoms with Gasteiger partial charge in [-0.25, -0.2) is 0 Å². The van der Waals surface area contributed by atoms with E-state index in [4.69, 9.17) is 16.3 Å². The maximum absolute atomic E-state index is 12.0. The Labute approximate surface area is 124 Å². The van der Waals surface area contributed by atoms with Crippen LogP contribution in [0.4, 0.5) is 11.4 Å². The van der Waals surface area contributed by atoms with Crippen LogP contribution in [0.15, 0.2) is 36.5 Å². The number of ether oxygens (including phenoxy) is 1. The van der Waals surface area contributed by atoms with Gasteiger partial charge in [-0.2, -0.15) is 0 Å². The second kappa shape index (κ2) is 6.19.